The number of imide groups is 1. The Labute approximate surface area is 230 Å². The number of carbonyl (C=O) groups excluding carboxylic acids is 3. The smallest absolute Gasteiger partial charge is 0.294 e. The van der Waals surface area contributed by atoms with Crippen LogP contribution in [0.2, 0.25) is 5.02 Å². The summed E-state index contributed by atoms with van der Waals surface area (Å²) in [5.74, 6) is -0.164. The molecule has 2 aliphatic heterocycles. The van der Waals surface area contributed by atoms with Crippen molar-refractivity contribution in [2.45, 2.75) is 32.3 Å². The van der Waals surface area contributed by atoms with Crippen LogP contribution >= 0.6 is 55.2 Å². The van der Waals surface area contributed by atoms with Gasteiger partial charge in [0, 0.05) is 17.6 Å². The topological polar surface area (TPSA) is 66.9 Å². The second-order valence-corrected chi connectivity index (χ2v) is 11.5. The number of rotatable bonds is 6. The minimum Gasteiger partial charge on any atom is -0.486 e. The van der Waals surface area contributed by atoms with E-state index in [1.54, 1.807) is 23.1 Å². The molecule has 0 N–H and O–H groups in total. The molecule has 0 aliphatic carbocycles. The monoisotopic (exact) mass is 640 g/mol. The third-order valence-electron chi connectivity index (χ3n) is 5.74. The number of benzene rings is 2. The van der Waals surface area contributed by atoms with Crippen LogP contribution in [0.15, 0.2) is 50.2 Å². The second kappa shape index (κ2) is 12.0. The Morgan fingerprint density at radius 3 is 2.40 bits per heavy atom. The predicted molar refractivity (Wildman–Crippen MR) is 145 cm³/mol. The number of carbonyl (C=O) groups is 3. The van der Waals surface area contributed by atoms with E-state index >= 15 is 0 Å². The van der Waals surface area contributed by atoms with Gasteiger partial charge in [-0.15, -0.1) is 0 Å². The van der Waals surface area contributed by atoms with Crippen LogP contribution in [0.5, 0.6) is 5.75 Å². The van der Waals surface area contributed by atoms with Crippen LogP contribution in [0.25, 0.3) is 6.08 Å². The number of hydrogen-bond acceptors (Lipinski definition) is 5. The number of ether oxygens (including phenoxy) is 1. The summed E-state index contributed by atoms with van der Waals surface area (Å²) in [4.78, 5) is 41.1. The zero-order chi connectivity index (χ0) is 24.9. The largest absolute Gasteiger partial charge is 0.486 e. The van der Waals surface area contributed by atoms with Gasteiger partial charge in [-0.25, -0.2) is 0 Å². The highest BCUT2D eigenvalue weighted by atomic mass is 79.9. The summed E-state index contributed by atoms with van der Waals surface area (Å²) in [6.07, 6.45) is 5.70. The molecule has 0 aromatic heterocycles. The Kier molecular flexibility index (Phi) is 8.97. The highest BCUT2D eigenvalue weighted by Gasteiger charge is 2.37. The Bertz CT molecular complexity index is 1140. The fourth-order valence-electron chi connectivity index (χ4n) is 3.88. The molecule has 0 unspecified atom stereocenters. The Morgan fingerprint density at radius 1 is 1.06 bits per heavy atom. The quantitative estimate of drug-likeness (QED) is 0.322. The van der Waals surface area contributed by atoms with Crippen LogP contribution < -0.4 is 4.74 Å². The number of amides is 3. The van der Waals surface area contributed by atoms with Crippen molar-refractivity contribution < 1.29 is 19.1 Å². The van der Waals surface area contributed by atoms with Gasteiger partial charge in [-0.1, -0.05) is 52.5 Å². The van der Waals surface area contributed by atoms with Crippen molar-refractivity contribution in [3.05, 3.63) is 66.4 Å². The highest BCUT2D eigenvalue weighted by molar-refractivity contribution is 9.10. The number of thioether (sulfide) groups is 1. The molecule has 3 amide bonds. The van der Waals surface area contributed by atoms with Crippen LogP contribution in [0.4, 0.5) is 4.79 Å². The summed E-state index contributed by atoms with van der Waals surface area (Å²) in [6.45, 7) is 1.46. The maximum absolute atomic E-state index is 12.9. The average molecular weight is 643 g/mol. The van der Waals surface area contributed by atoms with E-state index in [9.17, 15) is 14.4 Å². The third-order valence-corrected chi connectivity index (χ3v) is 8.05. The summed E-state index contributed by atoms with van der Waals surface area (Å²) < 4.78 is 7.51. The first-order valence-electron chi connectivity index (χ1n) is 11.2. The minimum absolute atomic E-state index is 0.187. The molecule has 2 aromatic rings. The van der Waals surface area contributed by atoms with Gasteiger partial charge in [0.1, 0.15) is 13.2 Å². The Hall–Kier alpha value is -1.81. The average Bonchev–Trinajstić information content (AvgIpc) is 3.01. The first-order chi connectivity index (χ1) is 16.8. The van der Waals surface area contributed by atoms with Crippen LogP contribution in [-0.2, 0) is 16.2 Å². The number of nitrogens with zero attached hydrogens (tertiary/aromatic N) is 2. The fourth-order valence-corrected chi connectivity index (χ4v) is 5.97. The van der Waals surface area contributed by atoms with E-state index in [1.165, 1.54) is 0 Å². The molecule has 2 heterocycles. The molecule has 0 atom stereocenters. The lowest BCUT2D eigenvalue weighted by molar-refractivity contribution is -0.135. The van der Waals surface area contributed by atoms with E-state index in [-0.39, 0.29) is 17.4 Å². The molecule has 2 fully saturated rings. The number of likely N-dealkylation sites (tertiary alicyclic amines) is 1. The number of halogens is 3. The van der Waals surface area contributed by atoms with Gasteiger partial charge >= 0.3 is 0 Å². The lowest BCUT2D eigenvalue weighted by atomic mass is 10.2. The van der Waals surface area contributed by atoms with Crippen molar-refractivity contribution in [1.82, 2.24) is 9.80 Å². The van der Waals surface area contributed by atoms with Crippen molar-refractivity contribution >= 4 is 78.4 Å². The third kappa shape index (κ3) is 6.70. The predicted octanol–water partition coefficient (Wildman–Crippen LogP) is 6.88. The van der Waals surface area contributed by atoms with Gasteiger partial charge in [0.15, 0.2) is 5.75 Å². The van der Waals surface area contributed by atoms with Gasteiger partial charge in [0.05, 0.1) is 14.4 Å². The van der Waals surface area contributed by atoms with Crippen molar-refractivity contribution in [2.24, 2.45) is 0 Å². The second-order valence-electron chi connectivity index (χ2n) is 8.29. The van der Waals surface area contributed by atoms with E-state index in [0.717, 1.165) is 52.4 Å². The number of hydrogen-bond donors (Lipinski definition) is 0. The van der Waals surface area contributed by atoms with Gasteiger partial charge in [-0.3, -0.25) is 19.3 Å². The normalized spacial score (nSPS) is 17.7. The van der Waals surface area contributed by atoms with Crippen molar-refractivity contribution in [1.29, 1.82) is 0 Å². The zero-order valence-corrected chi connectivity index (χ0v) is 23.5. The Balaban J connectivity index is 1.44. The van der Waals surface area contributed by atoms with E-state index < -0.39 is 11.1 Å². The van der Waals surface area contributed by atoms with Crippen molar-refractivity contribution in [3.8, 4) is 5.75 Å². The van der Waals surface area contributed by atoms with Crippen LogP contribution in [0, 0.1) is 0 Å². The summed E-state index contributed by atoms with van der Waals surface area (Å²) in [6, 6.07) is 11.2. The molecule has 2 saturated heterocycles. The SMILES string of the molecule is O=C(CN1C(=O)SC(=Cc2cc(Cl)c(OCc3ccc(Br)cc3)c(Br)c2)C1=O)N1CCCCCC1. The van der Waals surface area contributed by atoms with Gasteiger partial charge in [0.2, 0.25) is 5.91 Å². The molecule has 4 rings (SSSR count). The van der Waals surface area contributed by atoms with E-state index in [1.807, 2.05) is 24.3 Å². The lowest BCUT2D eigenvalue weighted by Crippen LogP contribution is -2.42. The van der Waals surface area contributed by atoms with Crippen molar-refractivity contribution in [3.63, 3.8) is 0 Å². The maximum Gasteiger partial charge on any atom is 0.294 e. The molecule has 0 radical (unpaired) electrons. The van der Waals surface area contributed by atoms with E-state index in [0.29, 0.717) is 40.5 Å². The molecule has 184 valence electrons. The van der Waals surface area contributed by atoms with Crippen LogP contribution in [0.3, 0.4) is 0 Å². The molecule has 6 nitrogen and oxygen atoms in total. The molecule has 2 aromatic carbocycles. The van der Waals surface area contributed by atoms with Crippen LogP contribution in [0.1, 0.15) is 36.8 Å². The molecule has 10 heteroatoms. The lowest BCUT2D eigenvalue weighted by Gasteiger charge is -2.22. The zero-order valence-electron chi connectivity index (χ0n) is 18.8. The first kappa shape index (κ1) is 26.3. The molecule has 2 aliphatic rings. The highest BCUT2D eigenvalue weighted by Crippen LogP contribution is 2.38. The summed E-state index contributed by atoms with van der Waals surface area (Å²) in [5.41, 5.74) is 1.63. The fraction of sp³-hybridized carbons (Fsp3) is 0.320. The molecule has 0 saturated carbocycles. The van der Waals surface area contributed by atoms with Crippen LogP contribution in [-0.4, -0.2) is 46.5 Å². The maximum atomic E-state index is 12.9. The standard InChI is InChI=1S/C25H23Br2ClN2O4S/c26-18-7-5-16(6-8-18)15-34-23-19(27)11-17(12-20(23)28)13-21-24(32)30(25(33)35-21)14-22(31)29-9-3-1-2-4-10-29/h5-8,11-13H,1-4,9-10,14-15H2. The summed E-state index contributed by atoms with van der Waals surface area (Å²) in [5, 5.41) is -0.0673. The molecule has 35 heavy (non-hydrogen) atoms. The van der Waals surface area contributed by atoms with Gasteiger partial charge in [0.25, 0.3) is 11.1 Å². The summed E-state index contributed by atoms with van der Waals surface area (Å²) in [7, 11) is 0. The first-order valence-corrected chi connectivity index (χ1v) is 14.0. The molecule has 0 spiro atoms. The minimum atomic E-state index is -0.467. The molecule has 0 bridgehead atoms. The van der Waals surface area contributed by atoms with Gasteiger partial charge < -0.3 is 9.64 Å². The van der Waals surface area contributed by atoms with Gasteiger partial charge in [-0.2, -0.15) is 0 Å². The van der Waals surface area contributed by atoms with Crippen molar-refractivity contribution in [2.75, 3.05) is 19.6 Å². The Morgan fingerprint density at radius 2 is 1.74 bits per heavy atom. The van der Waals surface area contributed by atoms with E-state index in [2.05, 4.69) is 31.9 Å². The molecular weight excluding hydrogens is 620 g/mol. The van der Waals surface area contributed by atoms with Gasteiger partial charge in [-0.05, 0) is 82.0 Å². The summed E-state index contributed by atoms with van der Waals surface area (Å²) >= 11 is 14.2. The molecular formula is C25H23Br2ClN2O4S. The van der Waals surface area contributed by atoms with E-state index in [4.69, 9.17) is 16.3 Å².